The van der Waals surface area contributed by atoms with E-state index in [1.165, 1.54) is 5.56 Å². The third kappa shape index (κ3) is 5.87. The highest BCUT2D eigenvalue weighted by Gasteiger charge is 2.44. The van der Waals surface area contributed by atoms with Gasteiger partial charge in [0.15, 0.2) is 11.6 Å². The SMILES string of the molecule is CCCCc1nc(C)c(Cc2nc(C3(c4ccccc4)CCC3)no2)c(=O)n1Cc1ccc(-c2ccccc2-c2noc(=O)[nH]2)cc1. The Hall–Kier alpha value is -5.38. The zero-order valence-corrected chi connectivity index (χ0v) is 26.5. The predicted molar refractivity (Wildman–Crippen MR) is 177 cm³/mol. The zero-order chi connectivity index (χ0) is 32.4. The van der Waals surface area contributed by atoms with Crippen LogP contribution in [-0.4, -0.2) is 29.8 Å². The number of unbranched alkanes of at least 4 members (excludes halogenated alkanes) is 1. The Morgan fingerprint density at radius 3 is 2.30 bits per heavy atom. The standard InChI is InChI=1S/C37H36N6O4/c1-3-4-15-31-38-24(2)30(22-32-39-35(42-46-32)37(20-10-21-37)27-11-6-5-7-12-27)34(44)43(31)23-25-16-18-26(19-17-25)28-13-8-9-14-29(28)33-40-36(45)47-41-33/h5-9,11-14,16-19H,3-4,10,15,20-23H2,1-2H3,(H,40,41,45). The lowest BCUT2D eigenvalue weighted by atomic mass is 9.64. The zero-order valence-electron chi connectivity index (χ0n) is 26.5. The molecular formula is C37H36N6O4. The molecule has 0 atom stereocenters. The molecule has 10 heteroatoms. The summed E-state index contributed by atoms with van der Waals surface area (Å²) in [5.74, 6) is 1.65. The monoisotopic (exact) mass is 628 g/mol. The van der Waals surface area contributed by atoms with Crippen molar-refractivity contribution in [1.29, 1.82) is 0 Å². The van der Waals surface area contributed by atoms with Crippen LogP contribution in [0.1, 0.15) is 79.0 Å². The summed E-state index contributed by atoms with van der Waals surface area (Å²) in [5, 5.41) is 8.27. The molecule has 1 saturated carbocycles. The number of H-pyrrole nitrogens is 1. The van der Waals surface area contributed by atoms with E-state index in [1.807, 2.05) is 73.7 Å². The number of aryl methyl sites for hydroxylation is 2. The quantitative estimate of drug-likeness (QED) is 0.174. The highest BCUT2D eigenvalue weighted by atomic mass is 16.5. The van der Waals surface area contributed by atoms with Gasteiger partial charge in [-0.3, -0.25) is 18.9 Å². The summed E-state index contributed by atoms with van der Waals surface area (Å²) < 4.78 is 12.3. The molecule has 0 radical (unpaired) electrons. The fraction of sp³-hybridized carbons (Fsp3) is 0.297. The van der Waals surface area contributed by atoms with Gasteiger partial charge in [0.25, 0.3) is 5.56 Å². The highest BCUT2D eigenvalue weighted by molar-refractivity contribution is 5.80. The molecule has 3 heterocycles. The van der Waals surface area contributed by atoms with Crippen molar-refractivity contribution in [1.82, 2.24) is 29.8 Å². The second-order valence-corrected chi connectivity index (χ2v) is 12.3. The first kappa shape index (κ1) is 30.3. The maximum absolute atomic E-state index is 14.2. The van der Waals surface area contributed by atoms with Crippen molar-refractivity contribution in [2.24, 2.45) is 0 Å². The number of rotatable bonds is 11. The summed E-state index contributed by atoms with van der Waals surface area (Å²) in [6, 6.07) is 26.1. The Morgan fingerprint density at radius 2 is 1.62 bits per heavy atom. The molecule has 0 bridgehead atoms. The minimum Gasteiger partial charge on any atom is -0.339 e. The van der Waals surface area contributed by atoms with Crippen LogP contribution in [0, 0.1) is 6.92 Å². The molecule has 3 aromatic carbocycles. The summed E-state index contributed by atoms with van der Waals surface area (Å²) >= 11 is 0. The molecule has 0 spiro atoms. The van der Waals surface area contributed by atoms with Crippen LogP contribution >= 0.6 is 0 Å². The lowest BCUT2D eigenvalue weighted by molar-refractivity contribution is 0.271. The minimum absolute atomic E-state index is 0.0887. The van der Waals surface area contributed by atoms with Gasteiger partial charge >= 0.3 is 5.76 Å². The fourth-order valence-corrected chi connectivity index (χ4v) is 6.51. The molecule has 6 aromatic rings. The molecule has 47 heavy (non-hydrogen) atoms. The maximum Gasteiger partial charge on any atom is 0.439 e. The average molecular weight is 629 g/mol. The summed E-state index contributed by atoms with van der Waals surface area (Å²) in [6.07, 6.45) is 5.91. The number of benzene rings is 3. The number of hydrogen-bond acceptors (Lipinski definition) is 8. The largest absolute Gasteiger partial charge is 0.439 e. The molecule has 0 saturated heterocycles. The summed E-state index contributed by atoms with van der Waals surface area (Å²) in [4.78, 5) is 38.1. The second-order valence-electron chi connectivity index (χ2n) is 12.3. The van der Waals surface area contributed by atoms with E-state index in [4.69, 9.17) is 19.0 Å². The number of aromatic amines is 1. The predicted octanol–water partition coefficient (Wildman–Crippen LogP) is 6.40. The van der Waals surface area contributed by atoms with Crippen LogP contribution in [0.15, 0.2) is 97.5 Å². The molecule has 7 rings (SSSR count). The number of nitrogens with one attached hydrogen (secondary N) is 1. The summed E-state index contributed by atoms with van der Waals surface area (Å²) in [5.41, 5.74) is 5.70. The van der Waals surface area contributed by atoms with Gasteiger partial charge in [-0.2, -0.15) is 4.98 Å². The molecule has 0 unspecified atom stereocenters. The molecule has 1 fully saturated rings. The third-order valence-electron chi connectivity index (χ3n) is 9.29. The van der Waals surface area contributed by atoms with Gasteiger partial charge in [-0.05, 0) is 48.4 Å². The average Bonchev–Trinajstić information content (AvgIpc) is 3.73. The summed E-state index contributed by atoms with van der Waals surface area (Å²) in [6.45, 7) is 4.40. The lowest BCUT2D eigenvalue weighted by Gasteiger charge is -2.39. The van der Waals surface area contributed by atoms with E-state index < -0.39 is 5.76 Å². The Bertz CT molecular complexity index is 2120. The van der Waals surface area contributed by atoms with Crippen LogP contribution in [0.5, 0.6) is 0 Å². The van der Waals surface area contributed by atoms with Crippen molar-refractivity contribution in [3.05, 3.63) is 140 Å². The Labute approximate surface area is 271 Å². The van der Waals surface area contributed by atoms with Crippen molar-refractivity contribution in [3.63, 3.8) is 0 Å². The molecule has 1 aliphatic rings. The number of hydrogen-bond donors (Lipinski definition) is 1. The molecule has 0 amide bonds. The first-order chi connectivity index (χ1) is 22.9. The molecular weight excluding hydrogens is 592 g/mol. The van der Waals surface area contributed by atoms with Crippen LogP contribution in [0.3, 0.4) is 0 Å². The van der Waals surface area contributed by atoms with Crippen LogP contribution in [0.2, 0.25) is 0 Å². The van der Waals surface area contributed by atoms with E-state index in [-0.39, 0.29) is 17.4 Å². The van der Waals surface area contributed by atoms with Crippen LogP contribution in [-0.2, 0) is 24.8 Å². The van der Waals surface area contributed by atoms with Gasteiger partial charge in [0.2, 0.25) is 5.89 Å². The molecule has 1 N–H and O–H groups in total. The minimum atomic E-state index is -0.602. The Balaban J connectivity index is 1.18. The highest BCUT2D eigenvalue weighted by Crippen LogP contribution is 2.47. The maximum atomic E-state index is 14.2. The summed E-state index contributed by atoms with van der Waals surface area (Å²) in [7, 11) is 0. The third-order valence-corrected chi connectivity index (χ3v) is 9.29. The smallest absolute Gasteiger partial charge is 0.339 e. The van der Waals surface area contributed by atoms with Gasteiger partial charge in [0, 0.05) is 23.2 Å². The van der Waals surface area contributed by atoms with Gasteiger partial charge in [0.1, 0.15) is 5.82 Å². The second kappa shape index (κ2) is 12.8. The van der Waals surface area contributed by atoms with Gasteiger partial charge < -0.3 is 4.52 Å². The van der Waals surface area contributed by atoms with Crippen molar-refractivity contribution >= 4 is 0 Å². The van der Waals surface area contributed by atoms with E-state index in [9.17, 15) is 9.59 Å². The topological polar surface area (TPSA) is 133 Å². The van der Waals surface area contributed by atoms with E-state index in [1.54, 1.807) is 4.57 Å². The van der Waals surface area contributed by atoms with Gasteiger partial charge in [-0.1, -0.05) is 109 Å². The van der Waals surface area contributed by atoms with Crippen molar-refractivity contribution in [3.8, 4) is 22.5 Å². The number of aromatic nitrogens is 6. The fourth-order valence-electron chi connectivity index (χ4n) is 6.51. The lowest BCUT2D eigenvalue weighted by Crippen LogP contribution is -2.36. The first-order valence-corrected chi connectivity index (χ1v) is 16.2. The van der Waals surface area contributed by atoms with Crippen molar-refractivity contribution in [2.75, 3.05) is 0 Å². The molecule has 238 valence electrons. The van der Waals surface area contributed by atoms with Crippen molar-refractivity contribution < 1.29 is 9.05 Å². The van der Waals surface area contributed by atoms with Gasteiger partial charge in [-0.25, -0.2) is 9.78 Å². The first-order valence-electron chi connectivity index (χ1n) is 16.2. The van der Waals surface area contributed by atoms with Crippen molar-refractivity contribution in [2.45, 2.75) is 70.8 Å². The number of nitrogens with zero attached hydrogens (tertiary/aromatic N) is 5. The van der Waals surface area contributed by atoms with Crippen LogP contribution < -0.4 is 11.3 Å². The van der Waals surface area contributed by atoms with E-state index in [2.05, 4.69) is 34.4 Å². The van der Waals surface area contributed by atoms with E-state index in [0.717, 1.165) is 60.2 Å². The molecule has 10 nitrogen and oxygen atoms in total. The normalized spacial score (nSPS) is 13.8. The Morgan fingerprint density at radius 1 is 0.872 bits per heavy atom. The van der Waals surface area contributed by atoms with Gasteiger partial charge in [0.05, 0.1) is 18.4 Å². The van der Waals surface area contributed by atoms with E-state index in [0.29, 0.717) is 41.8 Å². The molecule has 0 aliphatic heterocycles. The molecule has 1 aliphatic carbocycles. The van der Waals surface area contributed by atoms with Crippen LogP contribution in [0.4, 0.5) is 0 Å². The van der Waals surface area contributed by atoms with Gasteiger partial charge in [-0.15, -0.1) is 0 Å². The Kier molecular flexibility index (Phi) is 8.24. The molecule has 3 aromatic heterocycles. The van der Waals surface area contributed by atoms with Crippen LogP contribution in [0.25, 0.3) is 22.5 Å². The van der Waals surface area contributed by atoms with E-state index >= 15 is 0 Å².